The first-order valence-electron chi connectivity index (χ1n) is 12.4. The Labute approximate surface area is 222 Å². The fourth-order valence-corrected chi connectivity index (χ4v) is 5.00. The molecule has 39 heavy (non-hydrogen) atoms. The number of halogens is 3. The molecule has 1 aromatic carbocycles. The van der Waals surface area contributed by atoms with Gasteiger partial charge < -0.3 is 14.7 Å². The van der Waals surface area contributed by atoms with E-state index in [1.165, 1.54) is 14.0 Å². The molecule has 0 radical (unpaired) electrons. The summed E-state index contributed by atoms with van der Waals surface area (Å²) < 4.78 is 48.5. The summed E-state index contributed by atoms with van der Waals surface area (Å²) in [6, 6.07) is 9.95. The van der Waals surface area contributed by atoms with Gasteiger partial charge in [-0.1, -0.05) is 6.07 Å². The molecule has 0 unspecified atom stereocenters. The number of amides is 1. The summed E-state index contributed by atoms with van der Waals surface area (Å²) in [5.74, 6) is 0.108. The summed E-state index contributed by atoms with van der Waals surface area (Å²) >= 11 is 0. The van der Waals surface area contributed by atoms with E-state index in [1.807, 2.05) is 6.07 Å². The number of aliphatic hydroxyl groups is 1. The van der Waals surface area contributed by atoms with E-state index >= 15 is 0 Å². The zero-order valence-corrected chi connectivity index (χ0v) is 21.4. The van der Waals surface area contributed by atoms with Gasteiger partial charge in [0.25, 0.3) is 5.91 Å². The first kappa shape index (κ1) is 26.6. The van der Waals surface area contributed by atoms with Gasteiger partial charge in [0.2, 0.25) is 0 Å². The Balaban J connectivity index is 1.46. The minimum Gasteiger partial charge on any atom is -0.497 e. The molecular formula is C27H27F3N6O3. The summed E-state index contributed by atoms with van der Waals surface area (Å²) in [5.41, 5.74) is 0.196. The quantitative estimate of drug-likeness (QED) is 0.399. The highest BCUT2D eigenvalue weighted by Gasteiger charge is 2.39. The third-order valence-electron chi connectivity index (χ3n) is 7.03. The Kier molecular flexibility index (Phi) is 7.23. The van der Waals surface area contributed by atoms with Crippen LogP contribution in [-0.4, -0.2) is 80.3 Å². The molecule has 4 heterocycles. The van der Waals surface area contributed by atoms with Gasteiger partial charge in [0, 0.05) is 49.7 Å². The minimum atomic E-state index is -4.73. The highest BCUT2D eigenvalue weighted by atomic mass is 19.4. The van der Waals surface area contributed by atoms with E-state index in [0.29, 0.717) is 42.0 Å². The summed E-state index contributed by atoms with van der Waals surface area (Å²) in [5, 5.41) is 13.9. The SMILES string of the molecule is COc1ccc(-c2nc3c(C(=O)N4CCN([C@H](CO)c5cccnc5)CC4)cnn3c(C(F)(F)F)c2C)cc1. The van der Waals surface area contributed by atoms with Crippen LogP contribution in [0.3, 0.4) is 0 Å². The number of carbonyl (C=O) groups is 1. The lowest BCUT2D eigenvalue weighted by Gasteiger charge is -2.38. The molecule has 0 aliphatic carbocycles. The third-order valence-corrected chi connectivity index (χ3v) is 7.03. The van der Waals surface area contributed by atoms with Crippen LogP contribution in [0.1, 0.15) is 33.2 Å². The van der Waals surface area contributed by atoms with Crippen LogP contribution in [0, 0.1) is 6.92 Å². The lowest BCUT2D eigenvalue weighted by atomic mass is 10.0. The molecule has 1 aliphatic heterocycles. The average Bonchev–Trinajstić information content (AvgIpc) is 3.36. The van der Waals surface area contributed by atoms with E-state index in [0.717, 1.165) is 11.8 Å². The maximum Gasteiger partial charge on any atom is 0.433 e. The molecule has 204 valence electrons. The minimum absolute atomic E-state index is 0.00493. The fourth-order valence-electron chi connectivity index (χ4n) is 5.00. The largest absolute Gasteiger partial charge is 0.497 e. The molecule has 0 bridgehead atoms. The van der Waals surface area contributed by atoms with Crippen LogP contribution >= 0.6 is 0 Å². The van der Waals surface area contributed by atoms with Crippen LogP contribution in [-0.2, 0) is 6.18 Å². The molecule has 3 aromatic heterocycles. The normalized spacial score (nSPS) is 15.5. The number of pyridine rings is 1. The van der Waals surface area contributed by atoms with E-state index in [2.05, 4.69) is 20.0 Å². The molecule has 1 aliphatic rings. The van der Waals surface area contributed by atoms with Crippen molar-refractivity contribution in [2.24, 2.45) is 0 Å². The molecule has 12 heteroatoms. The molecule has 4 aromatic rings. The van der Waals surface area contributed by atoms with E-state index in [9.17, 15) is 23.1 Å². The van der Waals surface area contributed by atoms with Crippen molar-refractivity contribution in [2.45, 2.75) is 19.1 Å². The summed E-state index contributed by atoms with van der Waals surface area (Å²) in [4.78, 5) is 25.8. The number of benzene rings is 1. The van der Waals surface area contributed by atoms with Crippen molar-refractivity contribution in [3.05, 3.63) is 77.4 Å². The second-order valence-electron chi connectivity index (χ2n) is 9.27. The van der Waals surface area contributed by atoms with Gasteiger partial charge in [0.1, 0.15) is 11.3 Å². The molecule has 0 spiro atoms. The van der Waals surface area contributed by atoms with Gasteiger partial charge in [0.05, 0.1) is 31.6 Å². The second kappa shape index (κ2) is 10.6. The number of aliphatic hydroxyl groups excluding tert-OH is 1. The van der Waals surface area contributed by atoms with E-state index in [4.69, 9.17) is 4.74 Å². The van der Waals surface area contributed by atoms with Crippen molar-refractivity contribution in [3.63, 3.8) is 0 Å². The number of aromatic nitrogens is 4. The first-order valence-corrected chi connectivity index (χ1v) is 12.4. The van der Waals surface area contributed by atoms with Gasteiger partial charge >= 0.3 is 6.18 Å². The summed E-state index contributed by atoms with van der Waals surface area (Å²) in [6.07, 6.45) is -0.222. The van der Waals surface area contributed by atoms with Crippen LogP contribution in [0.4, 0.5) is 13.2 Å². The number of piperazine rings is 1. The van der Waals surface area contributed by atoms with Crippen molar-refractivity contribution in [3.8, 4) is 17.0 Å². The van der Waals surface area contributed by atoms with Crippen LogP contribution in [0.15, 0.2) is 55.0 Å². The number of methoxy groups -OCH3 is 1. The molecule has 1 amide bonds. The van der Waals surface area contributed by atoms with Gasteiger partial charge in [0.15, 0.2) is 11.3 Å². The highest BCUT2D eigenvalue weighted by Crippen LogP contribution is 2.37. The smallest absolute Gasteiger partial charge is 0.433 e. The van der Waals surface area contributed by atoms with Crippen molar-refractivity contribution in [2.75, 3.05) is 39.9 Å². The average molecular weight is 541 g/mol. The third kappa shape index (κ3) is 5.04. The van der Waals surface area contributed by atoms with E-state index in [1.54, 1.807) is 47.6 Å². The number of hydrogen-bond acceptors (Lipinski definition) is 7. The topological polar surface area (TPSA) is 96.1 Å². The zero-order chi connectivity index (χ0) is 27.7. The van der Waals surface area contributed by atoms with Crippen molar-refractivity contribution in [1.82, 2.24) is 29.4 Å². The number of ether oxygens (including phenoxy) is 1. The Morgan fingerprint density at radius 3 is 2.41 bits per heavy atom. The molecule has 5 rings (SSSR count). The predicted molar refractivity (Wildman–Crippen MR) is 136 cm³/mol. The Morgan fingerprint density at radius 2 is 1.82 bits per heavy atom. The lowest BCUT2D eigenvalue weighted by molar-refractivity contribution is -0.143. The van der Waals surface area contributed by atoms with Crippen molar-refractivity contribution in [1.29, 1.82) is 0 Å². The van der Waals surface area contributed by atoms with Gasteiger partial charge in [-0.25, -0.2) is 9.50 Å². The molecule has 1 N–H and O–H groups in total. The second-order valence-corrected chi connectivity index (χ2v) is 9.27. The summed E-state index contributed by atoms with van der Waals surface area (Å²) in [6.45, 7) is 2.85. The van der Waals surface area contributed by atoms with Gasteiger partial charge in [-0.05, 0) is 42.8 Å². The number of hydrogen-bond donors (Lipinski definition) is 1. The van der Waals surface area contributed by atoms with Crippen molar-refractivity contribution >= 4 is 11.6 Å². The standard InChI is InChI=1S/C27H27F3N6O3/c1-17-23(18-5-7-20(39-2)8-6-18)33-25-21(15-32-36(25)24(17)27(28,29)30)26(38)35-12-10-34(11-13-35)22(16-37)19-4-3-9-31-14-19/h3-9,14-15,22,37H,10-13,16H2,1-2H3/t22-/m1/s1. The number of carbonyl (C=O) groups excluding carboxylic acids is 1. The zero-order valence-electron chi connectivity index (χ0n) is 21.4. The number of nitrogens with zero attached hydrogens (tertiary/aromatic N) is 6. The Bertz CT molecular complexity index is 1470. The fraction of sp³-hybridized carbons (Fsp3) is 0.333. The Morgan fingerprint density at radius 1 is 1.10 bits per heavy atom. The highest BCUT2D eigenvalue weighted by molar-refractivity contribution is 6.00. The van der Waals surface area contributed by atoms with Crippen LogP contribution in [0.2, 0.25) is 0 Å². The van der Waals surface area contributed by atoms with Crippen LogP contribution in [0.5, 0.6) is 5.75 Å². The maximum absolute atomic E-state index is 14.2. The molecule has 0 saturated carbocycles. The monoisotopic (exact) mass is 540 g/mol. The number of alkyl halides is 3. The number of rotatable bonds is 6. The Hall–Kier alpha value is -4.03. The van der Waals surface area contributed by atoms with Crippen LogP contribution < -0.4 is 4.74 Å². The molecule has 1 atom stereocenters. The van der Waals surface area contributed by atoms with Crippen LogP contribution in [0.25, 0.3) is 16.9 Å². The summed E-state index contributed by atoms with van der Waals surface area (Å²) in [7, 11) is 1.50. The van der Waals surface area contributed by atoms with E-state index < -0.39 is 17.8 Å². The van der Waals surface area contributed by atoms with Gasteiger partial charge in [-0.2, -0.15) is 18.3 Å². The van der Waals surface area contributed by atoms with Crippen molar-refractivity contribution < 1.29 is 27.8 Å². The lowest BCUT2D eigenvalue weighted by Crippen LogP contribution is -2.50. The molecule has 1 fully saturated rings. The van der Waals surface area contributed by atoms with E-state index in [-0.39, 0.29) is 35.1 Å². The van der Waals surface area contributed by atoms with Gasteiger partial charge in [-0.15, -0.1) is 0 Å². The first-order chi connectivity index (χ1) is 18.7. The molecule has 9 nitrogen and oxygen atoms in total. The molecule has 1 saturated heterocycles. The predicted octanol–water partition coefficient (Wildman–Crippen LogP) is 3.62. The number of fused-ring (bicyclic) bond motifs is 1. The van der Waals surface area contributed by atoms with Gasteiger partial charge in [-0.3, -0.25) is 14.7 Å². The maximum atomic E-state index is 14.2. The molecular weight excluding hydrogens is 513 g/mol.